The molecule has 2 aliphatic carbocycles. The Morgan fingerprint density at radius 2 is 1.14 bits per heavy atom. The van der Waals surface area contributed by atoms with Gasteiger partial charge in [-0.1, -0.05) is 13.8 Å². The summed E-state index contributed by atoms with van der Waals surface area (Å²) < 4.78 is 60.1. The van der Waals surface area contributed by atoms with Crippen molar-refractivity contribution < 1.29 is 31.9 Å². The van der Waals surface area contributed by atoms with Crippen molar-refractivity contribution in [3.63, 3.8) is 0 Å². The van der Waals surface area contributed by atoms with Gasteiger partial charge in [0, 0.05) is 35.9 Å². The number of nitrogens with zero attached hydrogens (tertiary/aromatic N) is 4. The Labute approximate surface area is 281 Å². The molecule has 2 aromatic carbocycles. The lowest BCUT2D eigenvalue weighted by Crippen LogP contribution is -2.43. The molecular formula is C34H38F4N8O3. The number of ether oxygens (including phenoxy) is 1. The van der Waals surface area contributed by atoms with Crippen molar-refractivity contribution >= 4 is 23.8 Å². The van der Waals surface area contributed by atoms with Gasteiger partial charge in [-0.2, -0.15) is 0 Å². The summed E-state index contributed by atoms with van der Waals surface area (Å²) in [6.07, 6.45) is 9.68. The summed E-state index contributed by atoms with van der Waals surface area (Å²) in [5.74, 6) is 2.59. The first kappa shape index (κ1) is 36.7. The van der Waals surface area contributed by atoms with Crippen molar-refractivity contribution in [2.75, 3.05) is 17.2 Å². The normalized spacial score (nSPS) is 15.0. The molecule has 1 amide bonds. The maximum absolute atomic E-state index is 14.1. The molecule has 15 heteroatoms. The van der Waals surface area contributed by atoms with Crippen LogP contribution in [0.2, 0.25) is 0 Å². The van der Waals surface area contributed by atoms with Crippen LogP contribution in [0.5, 0.6) is 0 Å². The Kier molecular flexibility index (Phi) is 12.2. The molecule has 260 valence electrons. The van der Waals surface area contributed by atoms with Gasteiger partial charge in [0.05, 0.1) is 28.8 Å². The van der Waals surface area contributed by atoms with Gasteiger partial charge < -0.3 is 15.4 Å². The predicted molar refractivity (Wildman–Crippen MR) is 174 cm³/mol. The average molecular weight is 683 g/mol. The SMILES string of the molecule is CC.CCOC(=O)c1cnc(NC2(c3cc(F)ccc3F)CCC2)nc1.NNC(=O)c1cnc(NC2(c3cc(F)ccc3F)CCC2)nc1. The number of nitrogens with two attached hydrogens (primary N) is 1. The minimum absolute atomic E-state index is 0.206. The van der Waals surface area contributed by atoms with E-state index in [4.69, 9.17) is 10.6 Å². The molecule has 0 spiro atoms. The Hall–Kier alpha value is -5.18. The molecule has 2 heterocycles. The number of aromatic nitrogens is 4. The van der Waals surface area contributed by atoms with Gasteiger partial charge in [0.1, 0.15) is 23.3 Å². The van der Waals surface area contributed by atoms with E-state index in [1.165, 1.54) is 36.9 Å². The predicted octanol–water partition coefficient (Wildman–Crippen LogP) is 6.30. The van der Waals surface area contributed by atoms with Crippen LogP contribution in [0.4, 0.5) is 29.5 Å². The first-order valence-electron chi connectivity index (χ1n) is 15.9. The molecule has 0 bridgehead atoms. The minimum Gasteiger partial charge on any atom is -0.462 e. The largest absolute Gasteiger partial charge is 0.462 e. The number of benzene rings is 2. The lowest BCUT2D eigenvalue weighted by atomic mass is 9.71. The second kappa shape index (κ2) is 16.3. The fourth-order valence-electron chi connectivity index (χ4n) is 5.45. The van der Waals surface area contributed by atoms with E-state index in [0.29, 0.717) is 25.7 Å². The van der Waals surface area contributed by atoms with Crippen LogP contribution in [-0.2, 0) is 15.8 Å². The topological polar surface area (TPSA) is 157 Å². The van der Waals surface area contributed by atoms with E-state index >= 15 is 0 Å². The highest BCUT2D eigenvalue weighted by molar-refractivity contribution is 5.93. The van der Waals surface area contributed by atoms with Gasteiger partial charge in [-0.05, 0) is 81.8 Å². The number of nitrogen functional groups attached to an aromatic ring is 1. The minimum atomic E-state index is -0.732. The fraction of sp³-hybridized carbons (Fsp3) is 0.353. The standard InChI is InChI=1S/C17H17F2N3O2.C15H15F2N5O.C2H6/c1-2-24-15(23)11-9-20-16(21-10-11)22-17(6-3-7-17)13-8-12(18)4-5-14(13)19;16-10-2-3-12(17)11(6-10)15(4-1-5-15)21-14-19-7-9(8-20-14)13(23)22-18;1-2/h4-5,8-10H,2-3,6-7H2,1H3,(H,20,21,22);2-3,6-8H,1,4-5,18H2,(H,22,23)(H,19,20,21);1-2H3. The Morgan fingerprint density at radius 1 is 0.735 bits per heavy atom. The van der Waals surface area contributed by atoms with Crippen LogP contribution in [0.15, 0.2) is 61.2 Å². The summed E-state index contributed by atoms with van der Waals surface area (Å²) in [6.45, 7) is 5.98. The number of nitrogens with one attached hydrogen (secondary N) is 3. The summed E-state index contributed by atoms with van der Waals surface area (Å²) in [7, 11) is 0. The van der Waals surface area contributed by atoms with E-state index in [1.54, 1.807) is 6.92 Å². The molecule has 0 unspecified atom stereocenters. The van der Waals surface area contributed by atoms with Crippen molar-refractivity contribution in [1.29, 1.82) is 0 Å². The third kappa shape index (κ3) is 8.46. The maximum atomic E-state index is 14.1. The zero-order chi connectivity index (χ0) is 35.6. The molecule has 0 aliphatic heterocycles. The summed E-state index contributed by atoms with van der Waals surface area (Å²) in [5, 5.41) is 6.16. The zero-order valence-corrected chi connectivity index (χ0v) is 27.3. The number of halogens is 4. The molecule has 2 saturated carbocycles. The Bertz CT molecular complexity index is 1730. The average Bonchev–Trinajstić information content (AvgIpc) is 3.08. The van der Waals surface area contributed by atoms with E-state index in [2.05, 4.69) is 30.6 Å². The van der Waals surface area contributed by atoms with Crippen molar-refractivity contribution in [2.45, 2.75) is 70.4 Å². The molecule has 0 saturated heterocycles. The number of hydrazine groups is 1. The van der Waals surface area contributed by atoms with Gasteiger partial charge in [0.2, 0.25) is 11.9 Å². The molecule has 49 heavy (non-hydrogen) atoms. The summed E-state index contributed by atoms with van der Waals surface area (Å²) >= 11 is 0. The van der Waals surface area contributed by atoms with Crippen molar-refractivity contribution in [2.24, 2.45) is 5.84 Å². The maximum Gasteiger partial charge on any atom is 0.341 e. The molecular weight excluding hydrogens is 644 g/mol. The van der Waals surface area contributed by atoms with Crippen LogP contribution < -0.4 is 21.9 Å². The molecule has 2 aromatic heterocycles. The molecule has 0 radical (unpaired) electrons. The number of rotatable bonds is 9. The summed E-state index contributed by atoms with van der Waals surface area (Å²) in [6, 6.07) is 6.81. The molecule has 2 aliphatic rings. The quantitative estimate of drug-likeness (QED) is 0.0520. The van der Waals surface area contributed by atoms with Crippen LogP contribution >= 0.6 is 0 Å². The first-order valence-corrected chi connectivity index (χ1v) is 15.9. The third-order valence-electron chi connectivity index (χ3n) is 8.21. The lowest BCUT2D eigenvalue weighted by molar-refractivity contribution is 0.0525. The highest BCUT2D eigenvalue weighted by Gasteiger charge is 2.42. The van der Waals surface area contributed by atoms with Crippen LogP contribution in [-0.4, -0.2) is 38.4 Å². The van der Waals surface area contributed by atoms with E-state index in [1.807, 2.05) is 19.3 Å². The van der Waals surface area contributed by atoms with Gasteiger partial charge in [0.25, 0.3) is 5.91 Å². The number of hydrogen-bond donors (Lipinski definition) is 4. The number of esters is 1. The Balaban J connectivity index is 0.000000210. The van der Waals surface area contributed by atoms with Crippen LogP contribution in [0.1, 0.15) is 91.1 Å². The van der Waals surface area contributed by atoms with Crippen molar-refractivity contribution in [3.8, 4) is 0 Å². The van der Waals surface area contributed by atoms with Gasteiger partial charge in [-0.15, -0.1) is 0 Å². The van der Waals surface area contributed by atoms with Crippen molar-refractivity contribution in [1.82, 2.24) is 25.4 Å². The summed E-state index contributed by atoms with van der Waals surface area (Å²) in [5.41, 5.74) is 1.50. The van der Waals surface area contributed by atoms with Crippen molar-refractivity contribution in [3.05, 3.63) is 107 Å². The second-order valence-electron chi connectivity index (χ2n) is 11.2. The monoisotopic (exact) mass is 682 g/mol. The smallest absolute Gasteiger partial charge is 0.341 e. The van der Waals surface area contributed by atoms with Gasteiger partial charge >= 0.3 is 5.97 Å². The van der Waals surface area contributed by atoms with Gasteiger partial charge in [-0.25, -0.2) is 48.1 Å². The molecule has 5 N–H and O–H groups in total. The molecule has 6 rings (SSSR count). The Morgan fingerprint density at radius 3 is 1.49 bits per heavy atom. The number of amides is 1. The zero-order valence-electron chi connectivity index (χ0n) is 27.3. The fourth-order valence-corrected chi connectivity index (χ4v) is 5.45. The van der Waals surface area contributed by atoms with Crippen LogP contribution in [0.3, 0.4) is 0 Å². The van der Waals surface area contributed by atoms with Gasteiger partial charge in [-0.3, -0.25) is 10.2 Å². The number of carbonyl (C=O) groups is 2. The third-order valence-corrected chi connectivity index (χ3v) is 8.21. The second-order valence-corrected chi connectivity index (χ2v) is 11.2. The van der Waals surface area contributed by atoms with Crippen LogP contribution in [0.25, 0.3) is 0 Å². The van der Waals surface area contributed by atoms with E-state index in [0.717, 1.165) is 37.1 Å². The highest BCUT2D eigenvalue weighted by Crippen LogP contribution is 2.45. The summed E-state index contributed by atoms with van der Waals surface area (Å²) in [4.78, 5) is 39.2. The molecule has 4 aromatic rings. The number of carbonyl (C=O) groups excluding carboxylic acids is 2. The first-order chi connectivity index (χ1) is 23.6. The molecule has 2 fully saturated rings. The lowest BCUT2D eigenvalue weighted by Gasteiger charge is -2.43. The van der Waals surface area contributed by atoms with E-state index in [-0.39, 0.29) is 40.8 Å². The number of anilines is 2. The molecule has 11 nitrogen and oxygen atoms in total. The van der Waals surface area contributed by atoms with Crippen LogP contribution in [0, 0.1) is 23.3 Å². The van der Waals surface area contributed by atoms with Gasteiger partial charge in [0.15, 0.2) is 0 Å². The number of hydrogen-bond acceptors (Lipinski definition) is 10. The van der Waals surface area contributed by atoms with E-state index < -0.39 is 46.2 Å². The van der Waals surface area contributed by atoms with E-state index in [9.17, 15) is 27.2 Å². The highest BCUT2D eigenvalue weighted by atomic mass is 19.1. The molecule has 0 atom stereocenters.